The molecule has 1 rings (SSSR count). The summed E-state index contributed by atoms with van der Waals surface area (Å²) in [7, 11) is 2.13. The van der Waals surface area contributed by atoms with Gasteiger partial charge >= 0.3 is 0 Å². The Bertz CT molecular complexity index is 206. The Kier molecular flexibility index (Phi) is 4.48. The average molecular weight is 198 g/mol. The first-order chi connectivity index (χ1) is 6.72. The Morgan fingerprint density at radius 1 is 1.36 bits per heavy atom. The molecule has 0 bridgehead atoms. The molecule has 0 aromatic heterocycles. The third kappa shape index (κ3) is 3.80. The first-order valence-electron chi connectivity index (χ1n) is 4.80. The molecule has 0 aromatic rings. The number of rotatable bonds is 3. The predicted molar refractivity (Wildman–Crippen MR) is 55.6 cm³/mol. The number of nitrogens with two attached hydrogens (primary N) is 1. The normalized spacial score (nSPS) is 21.1. The smallest absolute Gasteiger partial charge is 0.234 e. The van der Waals surface area contributed by atoms with Crippen LogP contribution in [0.3, 0.4) is 0 Å². The molecule has 0 spiro atoms. The molecule has 3 N–H and O–H groups in total. The summed E-state index contributed by atoms with van der Waals surface area (Å²) in [5.74, 6) is 0.0686. The lowest BCUT2D eigenvalue weighted by Gasteiger charge is -2.31. The van der Waals surface area contributed by atoms with E-state index in [1.165, 1.54) is 0 Å². The zero-order valence-corrected chi connectivity index (χ0v) is 8.61. The zero-order valence-electron chi connectivity index (χ0n) is 8.61. The van der Waals surface area contributed by atoms with Crippen molar-refractivity contribution in [3.8, 4) is 0 Å². The predicted octanol–water partition coefficient (Wildman–Crippen LogP) is -0.421. The molecule has 0 aromatic carbocycles. The average Bonchev–Trinajstić information content (AvgIpc) is 2.21. The van der Waals surface area contributed by atoms with E-state index in [0.717, 1.165) is 32.7 Å². The van der Waals surface area contributed by atoms with Crippen LogP contribution < -0.4 is 5.73 Å². The summed E-state index contributed by atoms with van der Waals surface area (Å²) in [5, 5.41) is 3.03. The Morgan fingerprint density at radius 2 is 2.00 bits per heavy atom. The fourth-order valence-corrected chi connectivity index (χ4v) is 1.41. The highest BCUT2D eigenvalue weighted by atomic mass is 15.2. The summed E-state index contributed by atoms with van der Waals surface area (Å²) >= 11 is 0. The summed E-state index contributed by atoms with van der Waals surface area (Å²) < 4.78 is 0. The van der Waals surface area contributed by atoms with Gasteiger partial charge in [-0.05, 0) is 7.05 Å². The molecule has 1 fully saturated rings. The monoisotopic (exact) mass is 198 g/mol. The molecule has 0 saturated carbocycles. The number of nitrogens with one attached hydrogen (secondary N) is 1. The van der Waals surface area contributed by atoms with E-state index >= 15 is 0 Å². The van der Waals surface area contributed by atoms with Crippen molar-refractivity contribution in [3.63, 3.8) is 0 Å². The molecule has 0 radical (unpaired) electrons. The summed E-state index contributed by atoms with van der Waals surface area (Å²) in [6.45, 7) is 5.94. The topological polar surface area (TPSA) is 81.1 Å². The number of aliphatic imine (C=N–C) groups is 1. The molecule has 6 heteroatoms. The molecular weight excluding hydrogens is 180 g/mol. The van der Waals surface area contributed by atoms with Crippen LogP contribution in [0.25, 0.3) is 0 Å². The van der Waals surface area contributed by atoms with E-state index in [0.29, 0.717) is 6.54 Å². The van der Waals surface area contributed by atoms with Crippen molar-refractivity contribution >= 4 is 5.96 Å². The Balaban J connectivity index is 2.16. The van der Waals surface area contributed by atoms with Gasteiger partial charge in [0, 0.05) is 32.7 Å². The fraction of sp³-hybridized carbons (Fsp3) is 0.875. The van der Waals surface area contributed by atoms with Crippen molar-refractivity contribution in [1.29, 1.82) is 5.53 Å². The number of hydrogen-bond donors (Lipinski definition) is 2. The van der Waals surface area contributed by atoms with Gasteiger partial charge in [0.05, 0.1) is 6.54 Å². The van der Waals surface area contributed by atoms with Crippen molar-refractivity contribution in [2.75, 3.05) is 46.3 Å². The van der Waals surface area contributed by atoms with Crippen LogP contribution >= 0.6 is 0 Å². The molecule has 0 unspecified atom stereocenters. The number of piperazine rings is 1. The number of likely N-dealkylation sites (N-methyl/N-ethyl adjacent to an activating group) is 1. The van der Waals surface area contributed by atoms with E-state index in [-0.39, 0.29) is 5.96 Å². The van der Waals surface area contributed by atoms with Crippen LogP contribution in [0.1, 0.15) is 0 Å². The highest BCUT2D eigenvalue weighted by Gasteiger charge is 2.12. The van der Waals surface area contributed by atoms with Gasteiger partial charge in [0.2, 0.25) is 5.96 Å². The maximum atomic E-state index is 6.61. The SMILES string of the molecule is CN1CCN(CCN=C(N)N=N)CC1. The Labute approximate surface area is 84.3 Å². The Hall–Kier alpha value is -1.01. The molecule has 1 saturated heterocycles. The van der Waals surface area contributed by atoms with E-state index in [1.807, 2.05) is 0 Å². The van der Waals surface area contributed by atoms with E-state index in [9.17, 15) is 0 Å². The maximum absolute atomic E-state index is 6.61. The molecule has 1 heterocycles. The lowest BCUT2D eigenvalue weighted by molar-refractivity contribution is 0.157. The molecule has 1 aliphatic heterocycles. The largest absolute Gasteiger partial charge is 0.367 e. The van der Waals surface area contributed by atoms with E-state index in [4.69, 9.17) is 11.3 Å². The number of hydrogen-bond acceptors (Lipinski definition) is 4. The third-order valence-corrected chi connectivity index (χ3v) is 2.40. The fourth-order valence-electron chi connectivity index (χ4n) is 1.41. The van der Waals surface area contributed by atoms with E-state index in [2.05, 4.69) is 27.0 Å². The lowest BCUT2D eigenvalue weighted by atomic mass is 10.3. The summed E-state index contributed by atoms with van der Waals surface area (Å²) in [6, 6.07) is 0. The zero-order chi connectivity index (χ0) is 10.4. The van der Waals surface area contributed by atoms with E-state index in [1.54, 1.807) is 0 Å². The minimum absolute atomic E-state index is 0.0686. The van der Waals surface area contributed by atoms with Crippen LogP contribution in [-0.4, -0.2) is 62.1 Å². The van der Waals surface area contributed by atoms with Gasteiger partial charge in [0.25, 0.3) is 0 Å². The standard InChI is InChI=1S/C8H18N6/c1-13-4-6-14(7-5-13)3-2-11-8(9)12-10/h10H,2-7H2,1H3,(H2,9,11). The third-order valence-electron chi connectivity index (χ3n) is 2.40. The van der Waals surface area contributed by atoms with Gasteiger partial charge in [-0.25, -0.2) is 10.5 Å². The molecule has 1 aliphatic rings. The second-order valence-electron chi connectivity index (χ2n) is 3.50. The summed E-state index contributed by atoms with van der Waals surface area (Å²) in [6.07, 6.45) is 0. The molecule has 14 heavy (non-hydrogen) atoms. The minimum Gasteiger partial charge on any atom is -0.367 e. The van der Waals surface area contributed by atoms with Gasteiger partial charge in [-0.3, -0.25) is 4.90 Å². The Morgan fingerprint density at radius 3 is 2.57 bits per heavy atom. The molecule has 6 nitrogen and oxygen atoms in total. The van der Waals surface area contributed by atoms with Crippen LogP contribution in [0, 0.1) is 5.53 Å². The van der Waals surface area contributed by atoms with Crippen LogP contribution in [0.5, 0.6) is 0 Å². The maximum Gasteiger partial charge on any atom is 0.234 e. The van der Waals surface area contributed by atoms with Crippen LogP contribution in [0.2, 0.25) is 0 Å². The molecular formula is C8H18N6. The highest BCUT2D eigenvalue weighted by molar-refractivity contribution is 5.77. The van der Waals surface area contributed by atoms with Gasteiger partial charge in [0.15, 0.2) is 0 Å². The van der Waals surface area contributed by atoms with Crippen LogP contribution in [0.15, 0.2) is 10.1 Å². The minimum atomic E-state index is 0.0686. The van der Waals surface area contributed by atoms with Crippen LogP contribution in [0.4, 0.5) is 0 Å². The number of nitrogens with zero attached hydrogens (tertiary/aromatic N) is 4. The molecule has 0 amide bonds. The van der Waals surface area contributed by atoms with Crippen molar-refractivity contribution in [3.05, 3.63) is 0 Å². The van der Waals surface area contributed by atoms with Gasteiger partial charge in [-0.1, -0.05) is 0 Å². The first kappa shape index (κ1) is 11.1. The first-order valence-corrected chi connectivity index (χ1v) is 4.80. The van der Waals surface area contributed by atoms with Crippen molar-refractivity contribution in [2.45, 2.75) is 0 Å². The van der Waals surface area contributed by atoms with E-state index < -0.39 is 0 Å². The second kappa shape index (κ2) is 5.66. The van der Waals surface area contributed by atoms with Gasteiger partial charge in [0.1, 0.15) is 0 Å². The quantitative estimate of drug-likeness (QED) is 0.367. The lowest BCUT2D eigenvalue weighted by Crippen LogP contribution is -2.45. The molecule has 0 atom stereocenters. The summed E-state index contributed by atoms with van der Waals surface area (Å²) in [5.41, 5.74) is 11.9. The second-order valence-corrected chi connectivity index (χ2v) is 3.50. The van der Waals surface area contributed by atoms with Crippen molar-refractivity contribution < 1.29 is 0 Å². The van der Waals surface area contributed by atoms with Crippen molar-refractivity contribution in [1.82, 2.24) is 9.80 Å². The van der Waals surface area contributed by atoms with Crippen LogP contribution in [-0.2, 0) is 0 Å². The van der Waals surface area contributed by atoms with Gasteiger partial charge in [-0.15, -0.1) is 5.11 Å². The van der Waals surface area contributed by atoms with Gasteiger partial charge < -0.3 is 10.6 Å². The number of guanidine groups is 1. The molecule has 80 valence electrons. The van der Waals surface area contributed by atoms with Gasteiger partial charge in [-0.2, -0.15) is 0 Å². The molecule has 0 aliphatic carbocycles. The van der Waals surface area contributed by atoms with Crippen molar-refractivity contribution in [2.24, 2.45) is 15.8 Å². The highest BCUT2D eigenvalue weighted by Crippen LogP contribution is 1.97. The summed E-state index contributed by atoms with van der Waals surface area (Å²) in [4.78, 5) is 8.60.